The van der Waals surface area contributed by atoms with Gasteiger partial charge in [-0.05, 0) is 6.42 Å². The molecule has 0 unspecified atom stereocenters. The highest BCUT2D eigenvalue weighted by molar-refractivity contribution is 4.46. The third-order valence-electron chi connectivity index (χ3n) is 1.12. The predicted molar refractivity (Wildman–Crippen MR) is 48.8 cm³/mol. The number of ether oxygens (including phenoxy) is 4. The van der Waals surface area contributed by atoms with Crippen LogP contribution >= 0.6 is 0 Å². The van der Waals surface area contributed by atoms with Crippen molar-refractivity contribution in [3.05, 3.63) is 25.7 Å². The Labute approximate surface area is 78.7 Å². The molecule has 0 fully saturated rings. The van der Waals surface area contributed by atoms with Crippen molar-refractivity contribution < 1.29 is 18.9 Å². The molecule has 76 valence electrons. The van der Waals surface area contributed by atoms with Crippen LogP contribution in [0.5, 0.6) is 0 Å². The van der Waals surface area contributed by atoms with Gasteiger partial charge in [0.2, 0.25) is 0 Å². The molecule has 0 radical (unpaired) electrons. The zero-order valence-corrected chi connectivity index (χ0v) is 7.74. The third-order valence-corrected chi connectivity index (χ3v) is 1.12. The maximum absolute atomic E-state index is 5.05. The van der Waals surface area contributed by atoms with E-state index in [2.05, 4.69) is 13.2 Å². The van der Waals surface area contributed by atoms with Crippen molar-refractivity contribution in [3.8, 4) is 0 Å². The van der Waals surface area contributed by atoms with Crippen LogP contribution in [0.15, 0.2) is 25.7 Å². The first kappa shape index (κ1) is 12.0. The summed E-state index contributed by atoms with van der Waals surface area (Å²) in [5.41, 5.74) is 0. The molecule has 0 bridgehead atoms. The van der Waals surface area contributed by atoms with Crippen molar-refractivity contribution in [2.75, 3.05) is 26.8 Å². The van der Waals surface area contributed by atoms with Gasteiger partial charge in [-0.15, -0.1) is 0 Å². The van der Waals surface area contributed by atoms with Crippen LogP contribution < -0.4 is 0 Å². The summed E-state index contributed by atoms with van der Waals surface area (Å²) in [7, 11) is 0. The molecule has 0 saturated carbocycles. The molecule has 0 spiro atoms. The zero-order valence-electron chi connectivity index (χ0n) is 7.74. The normalized spacial score (nSPS) is 9.23. The fraction of sp³-hybridized carbons (Fsp3) is 0.556. The van der Waals surface area contributed by atoms with E-state index in [0.717, 1.165) is 6.42 Å². The van der Waals surface area contributed by atoms with Crippen LogP contribution in [-0.4, -0.2) is 26.8 Å². The van der Waals surface area contributed by atoms with Gasteiger partial charge < -0.3 is 18.9 Å². The van der Waals surface area contributed by atoms with Gasteiger partial charge in [0, 0.05) is 0 Å². The fourth-order valence-corrected chi connectivity index (χ4v) is 0.573. The van der Waals surface area contributed by atoms with Crippen LogP contribution in [0.2, 0.25) is 0 Å². The van der Waals surface area contributed by atoms with Crippen molar-refractivity contribution in [1.29, 1.82) is 0 Å². The van der Waals surface area contributed by atoms with Gasteiger partial charge in [0.15, 0.2) is 13.6 Å². The molecule has 0 atom stereocenters. The van der Waals surface area contributed by atoms with Gasteiger partial charge in [-0.3, -0.25) is 0 Å². The minimum absolute atomic E-state index is 0.243. The van der Waals surface area contributed by atoms with Gasteiger partial charge in [0.05, 0.1) is 25.7 Å². The molecule has 0 N–H and O–H groups in total. The van der Waals surface area contributed by atoms with E-state index in [4.69, 9.17) is 18.9 Å². The maximum Gasteiger partial charge on any atom is 0.188 e. The van der Waals surface area contributed by atoms with Gasteiger partial charge in [0.1, 0.15) is 0 Å². The molecule has 0 aliphatic carbocycles. The minimum atomic E-state index is 0.243. The Morgan fingerprint density at radius 1 is 0.846 bits per heavy atom. The Balaban J connectivity index is 2.83. The summed E-state index contributed by atoms with van der Waals surface area (Å²) in [6.07, 6.45) is 3.49. The SMILES string of the molecule is C=COCOCCCOCOC=C. The first-order chi connectivity index (χ1) is 6.41. The molecule has 0 aliphatic rings. The summed E-state index contributed by atoms with van der Waals surface area (Å²) in [6.45, 7) is 8.43. The van der Waals surface area contributed by atoms with Crippen molar-refractivity contribution >= 4 is 0 Å². The molecule has 0 aromatic rings. The van der Waals surface area contributed by atoms with Crippen LogP contribution in [0.25, 0.3) is 0 Å². The molecule has 4 heteroatoms. The topological polar surface area (TPSA) is 36.9 Å². The molecule has 0 aromatic carbocycles. The average molecular weight is 188 g/mol. The van der Waals surface area contributed by atoms with Crippen molar-refractivity contribution in [2.24, 2.45) is 0 Å². The van der Waals surface area contributed by atoms with Gasteiger partial charge in [-0.25, -0.2) is 0 Å². The number of hydrogen-bond donors (Lipinski definition) is 0. The van der Waals surface area contributed by atoms with Crippen molar-refractivity contribution in [1.82, 2.24) is 0 Å². The third kappa shape index (κ3) is 11.0. The lowest BCUT2D eigenvalue weighted by Gasteiger charge is -2.04. The number of rotatable bonds is 10. The summed E-state index contributed by atoms with van der Waals surface area (Å²) in [4.78, 5) is 0. The van der Waals surface area contributed by atoms with Crippen LogP contribution in [0.1, 0.15) is 6.42 Å². The summed E-state index contributed by atoms with van der Waals surface area (Å²) in [6, 6.07) is 0. The van der Waals surface area contributed by atoms with Gasteiger partial charge >= 0.3 is 0 Å². The van der Waals surface area contributed by atoms with Gasteiger partial charge in [-0.2, -0.15) is 0 Å². The summed E-state index contributed by atoms with van der Waals surface area (Å²) < 4.78 is 19.6. The lowest BCUT2D eigenvalue weighted by atomic mass is 10.5. The minimum Gasteiger partial charge on any atom is -0.476 e. The lowest BCUT2D eigenvalue weighted by molar-refractivity contribution is -0.0398. The molecular weight excluding hydrogens is 172 g/mol. The molecule has 0 heterocycles. The molecule has 0 saturated heterocycles. The Morgan fingerprint density at radius 2 is 1.31 bits per heavy atom. The molecule has 0 aromatic heterocycles. The summed E-state index contributed by atoms with van der Waals surface area (Å²) in [5, 5.41) is 0. The summed E-state index contributed by atoms with van der Waals surface area (Å²) in [5.74, 6) is 0. The van der Waals surface area contributed by atoms with E-state index in [9.17, 15) is 0 Å². The molecule has 13 heavy (non-hydrogen) atoms. The first-order valence-corrected chi connectivity index (χ1v) is 4.02. The van der Waals surface area contributed by atoms with E-state index >= 15 is 0 Å². The second-order valence-electron chi connectivity index (χ2n) is 2.07. The van der Waals surface area contributed by atoms with Crippen LogP contribution in [0.3, 0.4) is 0 Å². The first-order valence-electron chi connectivity index (χ1n) is 4.02. The average Bonchev–Trinajstić information content (AvgIpc) is 2.16. The number of hydrogen-bond acceptors (Lipinski definition) is 4. The second kappa shape index (κ2) is 11.0. The predicted octanol–water partition coefficient (Wildman–Crippen LogP) is 1.64. The van der Waals surface area contributed by atoms with Crippen LogP contribution in [0, 0.1) is 0 Å². The Bertz CT molecular complexity index is 111. The lowest BCUT2D eigenvalue weighted by Crippen LogP contribution is -2.03. The van der Waals surface area contributed by atoms with Gasteiger partial charge in [0.25, 0.3) is 0 Å². The quantitative estimate of drug-likeness (QED) is 0.297. The maximum atomic E-state index is 5.05. The Morgan fingerprint density at radius 3 is 1.69 bits per heavy atom. The monoisotopic (exact) mass is 188 g/mol. The van der Waals surface area contributed by atoms with E-state index in [-0.39, 0.29) is 13.6 Å². The van der Waals surface area contributed by atoms with E-state index in [0.29, 0.717) is 13.2 Å². The molecule has 4 nitrogen and oxygen atoms in total. The molecule has 0 amide bonds. The van der Waals surface area contributed by atoms with Crippen molar-refractivity contribution in [2.45, 2.75) is 6.42 Å². The molecular formula is C9H16O4. The van der Waals surface area contributed by atoms with E-state index in [1.807, 2.05) is 0 Å². The van der Waals surface area contributed by atoms with E-state index in [1.54, 1.807) is 0 Å². The van der Waals surface area contributed by atoms with E-state index in [1.165, 1.54) is 12.5 Å². The zero-order chi connectivity index (χ0) is 9.78. The Kier molecular flexibility index (Phi) is 10.2. The second-order valence-corrected chi connectivity index (χ2v) is 2.07. The standard InChI is InChI=1S/C9H16O4/c1-3-10-8-12-6-5-7-13-9-11-4-2/h3-4H,1-2,5-9H2. The van der Waals surface area contributed by atoms with Crippen LogP contribution in [-0.2, 0) is 18.9 Å². The fourth-order valence-electron chi connectivity index (χ4n) is 0.573. The van der Waals surface area contributed by atoms with Crippen molar-refractivity contribution in [3.63, 3.8) is 0 Å². The summed E-state index contributed by atoms with van der Waals surface area (Å²) >= 11 is 0. The highest BCUT2D eigenvalue weighted by atomic mass is 16.7. The highest BCUT2D eigenvalue weighted by Crippen LogP contribution is 1.87. The van der Waals surface area contributed by atoms with Gasteiger partial charge in [-0.1, -0.05) is 13.2 Å². The van der Waals surface area contributed by atoms with E-state index < -0.39 is 0 Å². The molecule has 0 rings (SSSR count). The highest BCUT2D eigenvalue weighted by Gasteiger charge is 1.88. The Hall–Kier alpha value is -1.00. The largest absolute Gasteiger partial charge is 0.476 e. The van der Waals surface area contributed by atoms with Crippen LogP contribution in [0.4, 0.5) is 0 Å². The molecule has 0 aliphatic heterocycles. The smallest absolute Gasteiger partial charge is 0.188 e.